The number of nitrogens with two attached hydrogens (primary N) is 1. The lowest BCUT2D eigenvalue weighted by atomic mass is 10.3. The van der Waals surface area contributed by atoms with Crippen molar-refractivity contribution >= 4 is 27.9 Å². The van der Waals surface area contributed by atoms with Gasteiger partial charge < -0.3 is 20.2 Å². The largest absolute Gasteiger partial charge is 0.457 e. The van der Waals surface area contributed by atoms with Crippen molar-refractivity contribution in [1.29, 1.82) is 0 Å². The normalized spacial score (nSPS) is 9.67. The van der Waals surface area contributed by atoms with Gasteiger partial charge in [-0.25, -0.2) is 4.79 Å². The lowest BCUT2D eigenvalue weighted by Gasteiger charge is -2.03. The number of halogens is 1. The quantitative estimate of drug-likeness (QED) is 0.798. The van der Waals surface area contributed by atoms with Crippen molar-refractivity contribution in [2.24, 2.45) is 5.73 Å². The van der Waals surface area contributed by atoms with Gasteiger partial charge in [-0.2, -0.15) is 0 Å². The molecule has 0 aliphatic rings. The van der Waals surface area contributed by atoms with E-state index in [0.29, 0.717) is 10.2 Å². The van der Waals surface area contributed by atoms with Crippen LogP contribution in [0.2, 0.25) is 0 Å². The summed E-state index contributed by atoms with van der Waals surface area (Å²) < 4.78 is 9.67. The van der Waals surface area contributed by atoms with Crippen LogP contribution < -0.4 is 11.1 Å². The van der Waals surface area contributed by atoms with Gasteiger partial charge in [-0.3, -0.25) is 4.79 Å². The van der Waals surface area contributed by atoms with E-state index in [1.807, 2.05) is 0 Å². The molecule has 0 atom stereocenters. The summed E-state index contributed by atoms with van der Waals surface area (Å²) in [6, 6.07) is 1.52. The number of carbonyl (C=O) groups excluding carboxylic acids is 2. The monoisotopic (exact) mass is 276 g/mol. The molecule has 1 heterocycles. The van der Waals surface area contributed by atoms with Crippen LogP contribution in [0.5, 0.6) is 0 Å². The molecular weight excluding hydrogens is 268 g/mol. The number of rotatable bonds is 4. The third kappa shape index (κ3) is 3.62. The van der Waals surface area contributed by atoms with Crippen molar-refractivity contribution in [1.82, 2.24) is 5.32 Å². The van der Waals surface area contributed by atoms with Crippen LogP contribution in [-0.2, 0) is 4.74 Å². The van der Waals surface area contributed by atoms with Gasteiger partial charge in [-0.05, 0) is 22.0 Å². The fraction of sp³-hybridized carbons (Fsp3) is 0.250. The van der Waals surface area contributed by atoms with Gasteiger partial charge in [-0.1, -0.05) is 0 Å². The van der Waals surface area contributed by atoms with Crippen LogP contribution in [0.1, 0.15) is 10.4 Å². The number of nitrogens with one attached hydrogen (secondary N) is 1. The number of hydrogen-bond acceptors (Lipinski definition) is 4. The summed E-state index contributed by atoms with van der Waals surface area (Å²) in [7, 11) is 0. The Kier molecular flexibility index (Phi) is 4.17. The molecule has 0 spiro atoms. The molecule has 0 saturated heterocycles. The molecule has 0 radical (unpaired) electrons. The Morgan fingerprint density at radius 3 is 2.87 bits per heavy atom. The molecule has 1 aromatic heterocycles. The number of primary amides is 1. The number of ether oxygens (including phenoxy) is 1. The fourth-order valence-corrected chi connectivity index (χ4v) is 1.29. The van der Waals surface area contributed by atoms with Crippen LogP contribution in [0.4, 0.5) is 4.79 Å². The number of furan rings is 1. The lowest BCUT2D eigenvalue weighted by molar-refractivity contribution is 0.0935. The maximum Gasteiger partial charge on any atom is 0.404 e. The molecule has 0 aromatic carbocycles. The Balaban J connectivity index is 2.31. The third-order valence-electron chi connectivity index (χ3n) is 1.49. The zero-order valence-electron chi connectivity index (χ0n) is 7.66. The zero-order valence-corrected chi connectivity index (χ0v) is 9.24. The minimum Gasteiger partial charge on any atom is -0.457 e. The van der Waals surface area contributed by atoms with Gasteiger partial charge in [0.05, 0.1) is 18.4 Å². The van der Waals surface area contributed by atoms with Crippen molar-refractivity contribution in [3.8, 4) is 0 Å². The predicted octanol–water partition coefficient (Wildman–Crippen LogP) is 0.867. The van der Waals surface area contributed by atoms with E-state index < -0.39 is 6.09 Å². The summed E-state index contributed by atoms with van der Waals surface area (Å²) in [4.78, 5) is 21.6. The maximum absolute atomic E-state index is 11.4. The SMILES string of the molecule is NC(=O)OCCNC(=O)c1ccoc1Br. The van der Waals surface area contributed by atoms with Crippen LogP contribution in [-0.4, -0.2) is 25.2 Å². The summed E-state index contributed by atoms with van der Waals surface area (Å²) in [5.74, 6) is -0.316. The summed E-state index contributed by atoms with van der Waals surface area (Å²) in [5.41, 5.74) is 5.12. The highest BCUT2D eigenvalue weighted by Gasteiger charge is 2.11. The minimum atomic E-state index is -0.867. The lowest BCUT2D eigenvalue weighted by Crippen LogP contribution is -2.28. The van der Waals surface area contributed by atoms with Crippen molar-refractivity contribution in [2.75, 3.05) is 13.2 Å². The maximum atomic E-state index is 11.4. The van der Waals surface area contributed by atoms with Crippen LogP contribution in [0, 0.1) is 0 Å². The van der Waals surface area contributed by atoms with E-state index >= 15 is 0 Å². The molecule has 82 valence electrons. The van der Waals surface area contributed by atoms with Crippen LogP contribution >= 0.6 is 15.9 Å². The van der Waals surface area contributed by atoms with Gasteiger partial charge in [0, 0.05) is 0 Å². The average molecular weight is 277 g/mol. The second-order valence-electron chi connectivity index (χ2n) is 2.53. The van der Waals surface area contributed by atoms with E-state index in [1.54, 1.807) is 0 Å². The van der Waals surface area contributed by atoms with Gasteiger partial charge in [0.2, 0.25) is 0 Å². The second kappa shape index (κ2) is 5.40. The first-order valence-corrected chi connectivity index (χ1v) is 4.84. The van der Waals surface area contributed by atoms with Crippen molar-refractivity contribution in [3.63, 3.8) is 0 Å². The standard InChI is InChI=1S/C8H9BrN2O4/c9-6-5(1-3-14-6)7(12)11-2-4-15-8(10)13/h1,3H,2,4H2,(H2,10,13)(H,11,12). The summed E-state index contributed by atoms with van der Waals surface area (Å²) in [6.45, 7) is 0.232. The van der Waals surface area contributed by atoms with Gasteiger partial charge in [0.25, 0.3) is 5.91 Å². The summed E-state index contributed by atoms with van der Waals surface area (Å²) in [5, 5.41) is 2.52. The number of carbonyl (C=O) groups is 2. The van der Waals surface area contributed by atoms with Gasteiger partial charge in [0.15, 0.2) is 4.67 Å². The Morgan fingerprint density at radius 2 is 2.33 bits per heavy atom. The topological polar surface area (TPSA) is 94.6 Å². The van der Waals surface area contributed by atoms with Crippen LogP contribution in [0.3, 0.4) is 0 Å². The molecule has 0 bridgehead atoms. The molecule has 15 heavy (non-hydrogen) atoms. The van der Waals surface area contributed by atoms with E-state index in [4.69, 9.17) is 10.2 Å². The Morgan fingerprint density at radius 1 is 1.60 bits per heavy atom. The first-order valence-electron chi connectivity index (χ1n) is 4.04. The van der Waals surface area contributed by atoms with Gasteiger partial charge in [0.1, 0.15) is 6.61 Å². The molecule has 1 rings (SSSR count). The van der Waals surface area contributed by atoms with Gasteiger partial charge >= 0.3 is 6.09 Å². The summed E-state index contributed by atoms with van der Waals surface area (Å²) >= 11 is 3.07. The second-order valence-corrected chi connectivity index (χ2v) is 3.25. The molecule has 0 aliphatic heterocycles. The first kappa shape index (κ1) is 11.6. The first-order chi connectivity index (χ1) is 7.11. The number of hydrogen-bond donors (Lipinski definition) is 2. The Labute approximate surface area is 93.9 Å². The highest BCUT2D eigenvalue weighted by atomic mass is 79.9. The predicted molar refractivity (Wildman–Crippen MR) is 54.3 cm³/mol. The molecule has 0 fully saturated rings. The molecule has 7 heteroatoms. The van der Waals surface area contributed by atoms with E-state index in [1.165, 1.54) is 12.3 Å². The van der Waals surface area contributed by atoms with Crippen LogP contribution in [0.15, 0.2) is 21.4 Å². The van der Waals surface area contributed by atoms with Crippen molar-refractivity contribution < 1.29 is 18.7 Å². The van der Waals surface area contributed by atoms with Crippen LogP contribution in [0.25, 0.3) is 0 Å². The molecule has 3 N–H and O–H groups in total. The van der Waals surface area contributed by atoms with E-state index in [2.05, 4.69) is 26.0 Å². The molecule has 0 saturated carbocycles. The molecule has 0 aliphatic carbocycles. The molecule has 6 nitrogen and oxygen atoms in total. The van der Waals surface area contributed by atoms with E-state index in [0.717, 1.165) is 0 Å². The van der Waals surface area contributed by atoms with Crippen molar-refractivity contribution in [3.05, 3.63) is 22.6 Å². The smallest absolute Gasteiger partial charge is 0.404 e. The molecule has 1 aromatic rings. The highest BCUT2D eigenvalue weighted by molar-refractivity contribution is 9.10. The summed E-state index contributed by atoms with van der Waals surface area (Å²) in [6.07, 6.45) is 0.521. The fourth-order valence-electron chi connectivity index (χ4n) is 0.867. The Bertz CT molecular complexity index is 363. The number of amides is 2. The zero-order chi connectivity index (χ0) is 11.3. The highest BCUT2D eigenvalue weighted by Crippen LogP contribution is 2.16. The minimum absolute atomic E-state index is 0.0382. The Hall–Kier alpha value is -1.50. The van der Waals surface area contributed by atoms with E-state index in [-0.39, 0.29) is 19.1 Å². The van der Waals surface area contributed by atoms with Gasteiger partial charge in [-0.15, -0.1) is 0 Å². The van der Waals surface area contributed by atoms with Crippen molar-refractivity contribution in [2.45, 2.75) is 0 Å². The van der Waals surface area contributed by atoms with E-state index in [9.17, 15) is 9.59 Å². The molecule has 0 unspecified atom stereocenters. The molecule has 2 amide bonds. The third-order valence-corrected chi connectivity index (χ3v) is 2.11. The molecular formula is C8H9BrN2O4. The average Bonchev–Trinajstić information content (AvgIpc) is 2.58.